The lowest BCUT2D eigenvalue weighted by atomic mass is 10.2. The van der Waals surface area contributed by atoms with Gasteiger partial charge in [-0.3, -0.25) is 0 Å². The highest BCUT2D eigenvalue weighted by atomic mass is 79.9. The number of benzene rings is 2. The number of fused-ring (bicyclic) bond motifs is 1. The van der Waals surface area contributed by atoms with Crippen molar-refractivity contribution in [3.8, 4) is 11.4 Å². The van der Waals surface area contributed by atoms with Gasteiger partial charge in [0.05, 0.1) is 10.7 Å². The molecule has 0 amide bonds. The van der Waals surface area contributed by atoms with Crippen molar-refractivity contribution in [1.82, 2.24) is 9.78 Å². The molecule has 25 heavy (non-hydrogen) atoms. The van der Waals surface area contributed by atoms with Gasteiger partial charge in [-0.15, -0.1) is 0 Å². The fourth-order valence-electron chi connectivity index (χ4n) is 2.01. The average molecular weight is 456 g/mol. The van der Waals surface area contributed by atoms with Crippen LogP contribution in [-0.4, -0.2) is 23.7 Å². The molecule has 0 unspecified atom stereocenters. The highest BCUT2D eigenvalue weighted by molar-refractivity contribution is 9.10. The van der Waals surface area contributed by atoms with Gasteiger partial charge in [0.15, 0.2) is 0 Å². The number of hydrogen-bond donors (Lipinski definition) is 0. The lowest BCUT2D eigenvalue weighted by molar-refractivity contribution is -0.0500. The molecule has 11 heteroatoms. The second kappa shape index (κ2) is 6.19. The minimum Gasteiger partial charge on any atom is -0.376 e. The topological polar surface area (TPSA) is 61.2 Å². The van der Waals surface area contributed by atoms with Crippen LogP contribution in [0.5, 0.6) is 5.75 Å². The van der Waals surface area contributed by atoms with E-state index in [0.717, 1.165) is 16.6 Å². The molecule has 1 heterocycles. The molecule has 3 rings (SSSR count). The van der Waals surface area contributed by atoms with Crippen molar-refractivity contribution in [1.29, 1.82) is 0 Å². The van der Waals surface area contributed by atoms with Gasteiger partial charge in [0.25, 0.3) is 0 Å². The van der Waals surface area contributed by atoms with Crippen molar-refractivity contribution < 1.29 is 25.8 Å². The van der Waals surface area contributed by atoms with Crippen LogP contribution >= 0.6 is 27.5 Å². The molecule has 0 N–H and O–H groups in total. The van der Waals surface area contributed by atoms with E-state index in [1.807, 2.05) is 0 Å². The maximum atomic E-state index is 12.4. The van der Waals surface area contributed by atoms with Crippen molar-refractivity contribution >= 4 is 48.6 Å². The Bertz CT molecular complexity index is 1050. The predicted molar refractivity (Wildman–Crippen MR) is 89.4 cm³/mol. The molecule has 0 bridgehead atoms. The monoisotopic (exact) mass is 454 g/mol. The van der Waals surface area contributed by atoms with Crippen LogP contribution < -0.4 is 4.18 Å². The van der Waals surface area contributed by atoms with E-state index in [-0.39, 0.29) is 5.02 Å². The summed E-state index contributed by atoms with van der Waals surface area (Å²) in [5, 5.41) is 4.52. The van der Waals surface area contributed by atoms with Crippen molar-refractivity contribution in [2.24, 2.45) is 0 Å². The van der Waals surface area contributed by atoms with E-state index in [1.54, 1.807) is 24.3 Å². The summed E-state index contributed by atoms with van der Waals surface area (Å²) in [5.41, 5.74) is -4.56. The van der Waals surface area contributed by atoms with Gasteiger partial charge in [-0.2, -0.15) is 26.7 Å². The third-order valence-corrected chi connectivity index (χ3v) is 4.91. The van der Waals surface area contributed by atoms with E-state index in [9.17, 15) is 21.6 Å². The molecule has 5 nitrogen and oxygen atoms in total. The number of aromatic nitrogens is 2. The summed E-state index contributed by atoms with van der Waals surface area (Å²) in [7, 11) is -5.78. The molecular weight excluding hydrogens is 449 g/mol. The Morgan fingerprint density at radius 2 is 1.80 bits per heavy atom. The van der Waals surface area contributed by atoms with Crippen molar-refractivity contribution in [2.75, 3.05) is 0 Å². The van der Waals surface area contributed by atoms with E-state index >= 15 is 0 Å². The molecule has 0 aliphatic carbocycles. The molecule has 0 saturated carbocycles. The second-order valence-corrected chi connectivity index (χ2v) is 7.74. The molecule has 1 aromatic heterocycles. The Morgan fingerprint density at radius 3 is 2.40 bits per heavy atom. The van der Waals surface area contributed by atoms with E-state index in [4.69, 9.17) is 11.6 Å². The van der Waals surface area contributed by atoms with Gasteiger partial charge < -0.3 is 4.18 Å². The molecule has 0 aliphatic rings. The summed E-state index contributed by atoms with van der Waals surface area (Å²) in [4.78, 5) is 0. The van der Waals surface area contributed by atoms with Crippen LogP contribution in [0.15, 0.2) is 47.1 Å². The van der Waals surface area contributed by atoms with Crippen molar-refractivity contribution in [2.45, 2.75) is 5.51 Å². The van der Waals surface area contributed by atoms with Gasteiger partial charge in [-0.05, 0) is 30.3 Å². The highest BCUT2D eigenvalue weighted by Gasteiger charge is 2.48. The summed E-state index contributed by atoms with van der Waals surface area (Å²) >= 11 is 9.29. The molecule has 0 fully saturated rings. The number of nitrogens with zero attached hydrogens (tertiary/aromatic N) is 2. The van der Waals surface area contributed by atoms with E-state index in [2.05, 4.69) is 25.2 Å². The Balaban J connectivity index is 2.04. The number of hydrogen-bond acceptors (Lipinski definition) is 4. The molecule has 0 aliphatic heterocycles. The summed E-state index contributed by atoms with van der Waals surface area (Å²) < 4.78 is 65.9. The lowest BCUT2D eigenvalue weighted by Gasteiger charge is -2.09. The van der Waals surface area contributed by atoms with Crippen LogP contribution in [0.4, 0.5) is 13.2 Å². The molecule has 3 aromatic rings. The van der Waals surface area contributed by atoms with Crippen LogP contribution in [0.2, 0.25) is 5.02 Å². The Kier molecular flexibility index (Phi) is 4.46. The molecule has 132 valence electrons. The lowest BCUT2D eigenvalue weighted by Crippen LogP contribution is -2.28. The third kappa shape index (κ3) is 3.60. The van der Waals surface area contributed by atoms with Crippen LogP contribution in [-0.2, 0) is 10.1 Å². The van der Waals surface area contributed by atoms with Crippen molar-refractivity contribution in [3.63, 3.8) is 0 Å². The standard InChI is InChI=1S/C14H7BrClF3N2O3S/c15-9-1-3-10(4-2-9)21-7-8-5-11(6-12(16)13(8)20-21)24-25(22,23)14(17,18)19/h1-7H. The maximum absolute atomic E-state index is 12.4. The molecule has 0 spiro atoms. The quantitative estimate of drug-likeness (QED) is 0.425. The Hall–Kier alpha value is -1.78. The summed E-state index contributed by atoms with van der Waals surface area (Å²) in [6.45, 7) is 0. The van der Waals surface area contributed by atoms with Gasteiger partial charge in [0, 0.05) is 22.1 Å². The van der Waals surface area contributed by atoms with E-state index in [0.29, 0.717) is 16.6 Å². The van der Waals surface area contributed by atoms with Crippen LogP contribution in [0.3, 0.4) is 0 Å². The normalized spacial score (nSPS) is 12.5. The van der Waals surface area contributed by atoms with Crippen LogP contribution in [0, 0.1) is 0 Å². The first-order valence-electron chi connectivity index (χ1n) is 6.52. The molecule has 0 atom stereocenters. The molecular formula is C14H7BrClF3N2O3S. The zero-order chi connectivity index (χ0) is 18.4. The molecule has 0 radical (unpaired) electrons. The zero-order valence-corrected chi connectivity index (χ0v) is 15.1. The fourth-order valence-corrected chi connectivity index (χ4v) is 2.98. The largest absolute Gasteiger partial charge is 0.534 e. The van der Waals surface area contributed by atoms with Gasteiger partial charge in [-0.25, -0.2) is 4.68 Å². The van der Waals surface area contributed by atoms with Gasteiger partial charge in [-0.1, -0.05) is 27.5 Å². The smallest absolute Gasteiger partial charge is 0.376 e. The first kappa shape index (κ1) is 18.0. The summed E-state index contributed by atoms with van der Waals surface area (Å²) in [6.07, 6.45) is 1.50. The minimum atomic E-state index is -5.78. The predicted octanol–water partition coefficient (Wildman–Crippen LogP) is 4.67. The summed E-state index contributed by atoms with van der Waals surface area (Å²) in [5.74, 6) is -0.551. The van der Waals surface area contributed by atoms with E-state index in [1.165, 1.54) is 10.9 Å². The minimum absolute atomic E-state index is 0.0410. The summed E-state index contributed by atoms with van der Waals surface area (Å²) in [6, 6.07) is 9.17. The maximum Gasteiger partial charge on any atom is 0.534 e. The average Bonchev–Trinajstić information content (AvgIpc) is 2.91. The molecule has 2 aromatic carbocycles. The second-order valence-electron chi connectivity index (χ2n) is 4.88. The highest BCUT2D eigenvalue weighted by Crippen LogP contribution is 2.32. The number of halogens is 5. The van der Waals surface area contributed by atoms with Gasteiger partial charge >= 0.3 is 15.6 Å². The number of alkyl halides is 3. The van der Waals surface area contributed by atoms with E-state index < -0.39 is 21.4 Å². The fraction of sp³-hybridized carbons (Fsp3) is 0.0714. The SMILES string of the molecule is O=S(=O)(Oc1cc(Cl)c2nn(-c3ccc(Br)cc3)cc2c1)C(F)(F)F. The Labute approximate surface area is 153 Å². The van der Waals surface area contributed by atoms with Gasteiger partial charge in [0.2, 0.25) is 0 Å². The zero-order valence-electron chi connectivity index (χ0n) is 12.0. The van der Waals surface area contributed by atoms with Crippen LogP contribution in [0.25, 0.3) is 16.6 Å². The van der Waals surface area contributed by atoms with Crippen molar-refractivity contribution in [3.05, 3.63) is 52.1 Å². The Morgan fingerprint density at radius 1 is 1.16 bits per heavy atom. The first-order chi connectivity index (χ1) is 11.6. The first-order valence-corrected chi connectivity index (χ1v) is 9.10. The number of rotatable bonds is 3. The third-order valence-electron chi connectivity index (χ3n) is 3.12. The van der Waals surface area contributed by atoms with Crippen LogP contribution in [0.1, 0.15) is 0 Å². The molecule has 0 saturated heterocycles. The van der Waals surface area contributed by atoms with Gasteiger partial charge in [0.1, 0.15) is 11.3 Å².